The molecule has 1 aliphatic heterocycles. The molecule has 0 radical (unpaired) electrons. The van der Waals surface area contributed by atoms with E-state index >= 15 is 0 Å². The summed E-state index contributed by atoms with van der Waals surface area (Å²) in [6.45, 7) is 2.89. The fraction of sp³-hybridized carbons (Fsp3) is 0.471. The van der Waals surface area contributed by atoms with Gasteiger partial charge in [-0.25, -0.2) is 17.7 Å². The Hall–Kier alpha value is -1.41. The van der Waals surface area contributed by atoms with E-state index in [9.17, 15) is 8.42 Å². The van der Waals surface area contributed by atoms with Crippen LogP contribution in [0.2, 0.25) is 5.02 Å². The van der Waals surface area contributed by atoms with Crippen molar-refractivity contribution in [2.24, 2.45) is 5.92 Å². The van der Waals surface area contributed by atoms with Gasteiger partial charge >= 0.3 is 0 Å². The van der Waals surface area contributed by atoms with Crippen molar-refractivity contribution >= 4 is 21.6 Å². The van der Waals surface area contributed by atoms with Crippen LogP contribution in [0.15, 0.2) is 30.6 Å². The number of nitrogens with zero attached hydrogens (tertiary/aromatic N) is 3. The molecule has 0 unspecified atom stereocenters. The van der Waals surface area contributed by atoms with Crippen molar-refractivity contribution in [2.45, 2.75) is 13.0 Å². The zero-order valence-electron chi connectivity index (χ0n) is 14.5. The van der Waals surface area contributed by atoms with Crippen LogP contribution in [-0.2, 0) is 14.8 Å². The second-order valence-corrected chi connectivity index (χ2v) is 9.21. The monoisotopic (exact) mass is 383 g/mol. The van der Waals surface area contributed by atoms with Crippen LogP contribution in [0.25, 0.3) is 11.4 Å². The minimum Gasteiger partial charge on any atom is -0.379 e. The third-order valence-corrected chi connectivity index (χ3v) is 6.80. The lowest BCUT2D eigenvalue weighted by Crippen LogP contribution is -2.32. The number of ether oxygens (including phenoxy) is 1. The maximum absolute atomic E-state index is 12.3. The molecule has 0 N–H and O–H groups in total. The predicted octanol–water partition coefficient (Wildman–Crippen LogP) is 2.59. The van der Waals surface area contributed by atoms with Gasteiger partial charge in [0.2, 0.25) is 10.0 Å². The number of hydrogen-bond acceptors (Lipinski definition) is 4. The van der Waals surface area contributed by atoms with Crippen LogP contribution in [0.3, 0.4) is 0 Å². The lowest BCUT2D eigenvalue weighted by Gasteiger charge is -2.23. The highest BCUT2D eigenvalue weighted by Crippen LogP contribution is 2.33. The Kier molecular flexibility index (Phi) is 5.20. The SMILES string of the molecule is Cc1cc(Cl)ccc1-c1nccn1[C@@H]1COC[C@H]1CS(=O)(=O)N(C)C. The Balaban J connectivity index is 1.93. The average molecular weight is 384 g/mol. The van der Waals surface area contributed by atoms with Gasteiger partial charge in [0.05, 0.1) is 25.0 Å². The molecule has 1 aromatic carbocycles. The standard InChI is InChI=1S/C17H22ClN3O3S/c1-12-8-14(18)4-5-15(12)17-19-6-7-21(17)16-10-24-9-13(16)11-25(22,23)20(2)3/h4-8,13,16H,9-11H2,1-3H3/t13-,16+/m0/s1. The van der Waals surface area contributed by atoms with Crippen molar-refractivity contribution in [1.82, 2.24) is 13.9 Å². The van der Waals surface area contributed by atoms with Crippen LogP contribution in [-0.4, -0.2) is 55.3 Å². The van der Waals surface area contributed by atoms with E-state index in [1.54, 1.807) is 20.3 Å². The Labute approximate surface area is 153 Å². The first-order chi connectivity index (χ1) is 11.8. The summed E-state index contributed by atoms with van der Waals surface area (Å²) in [5.41, 5.74) is 2.01. The van der Waals surface area contributed by atoms with Gasteiger partial charge in [0.1, 0.15) is 5.82 Å². The minimum atomic E-state index is -3.29. The Morgan fingerprint density at radius 2 is 2.12 bits per heavy atom. The van der Waals surface area contributed by atoms with E-state index in [0.717, 1.165) is 17.0 Å². The van der Waals surface area contributed by atoms with Crippen molar-refractivity contribution in [3.8, 4) is 11.4 Å². The molecule has 1 aliphatic rings. The van der Waals surface area contributed by atoms with Gasteiger partial charge in [-0.05, 0) is 30.7 Å². The summed E-state index contributed by atoms with van der Waals surface area (Å²) in [5, 5.41) is 0.679. The van der Waals surface area contributed by atoms with Crippen molar-refractivity contribution in [3.05, 3.63) is 41.2 Å². The van der Waals surface area contributed by atoms with E-state index < -0.39 is 10.0 Å². The molecule has 0 saturated carbocycles. The molecule has 0 amide bonds. The predicted molar refractivity (Wildman–Crippen MR) is 98.2 cm³/mol. The van der Waals surface area contributed by atoms with Crippen molar-refractivity contribution in [1.29, 1.82) is 0 Å². The molecule has 136 valence electrons. The first-order valence-corrected chi connectivity index (χ1v) is 10.1. The van der Waals surface area contributed by atoms with Crippen molar-refractivity contribution in [3.63, 3.8) is 0 Å². The molecule has 8 heteroatoms. The first kappa shape index (κ1) is 18.4. The summed E-state index contributed by atoms with van der Waals surface area (Å²) in [7, 11) is -0.184. The molecule has 1 aromatic heterocycles. The maximum atomic E-state index is 12.3. The van der Waals surface area contributed by atoms with Gasteiger partial charge in [0, 0.05) is 43.0 Å². The first-order valence-electron chi connectivity index (χ1n) is 8.07. The highest BCUT2D eigenvalue weighted by Gasteiger charge is 2.35. The number of hydrogen-bond donors (Lipinski definition) is 0. The Bertz CT molecular complexity index is 864. The van der Waals surface area contributed by atoms with Gasteiger partial charge in [-0.1, -0.05) is 11.6 Å². The van der Waals surface area contributed by atoms with Crippen LogP contribution < -0.4 is 0 Å². The third kappa shape index (κ3) is 3.74. The normalized spacial score (nSPS) is 21.2. The number of rotatable bonds is 5. The molecular formula is C17H22ClN3O3S. The van der Waals surface area contributed by atoms with E-state index in [2.05, 4.69) is 4.98 Å². The van der Waals surface area contributed by atoms with Gasteiger partial charge < -0.3 is 9.30 Å². The Morgan fingerprint density at radius 3 is 2.80 bits per heavy atom. The molecule has 0 bridgehead atoms. The molecule has 25 heavy (non-hydrogen) atoms. The van der Waals surface area contributed by atoms with E-state index in [1.165, 1.54) is 4.31 Å². The summed E-state index contributed by atoms with van der Waals surface area (Å²) in [4.78, 5) is 4.49. The van der Waals surface area contributed by atoms with Gasteiger partial charge in [0.15, 0.2) is 0 Å². The number of benzene rings is 1. The molecule has 2 atom stereocenters. The van der Waals surface area contributed by atoms with E-state index in [4.69, 9.17) is 16.3 Å². The molecule has 1 saturated heterocycles. The number of aryl methyl sites for hydroxylation is 1. The summed E-state index contributed by atoms with van der Waals surface area (Å²) >= 11 is 6.05. The fourth-order valence-electron chi connectivity index (χ4n) is 3.14. The molecule has 1 fully saturated rings. The largest absolute Gasteiger partial charge is 0.379 e. The Morgan fingerprint density at radius 1 is 1.36 bits per heavy atom. The van der Waals surface area contributed by atoms with Crippen LogP contribution >= 0.6 is 11.6 Å². The average Bonchev–Trinajstić information content (AvgIpc) is 3.15. The van der Waals surface area contributed by atoms with Gasteiger partial charge in [-0.3, -0.25) is 0 Å². The summed E-state index contributed by atoms with van der Waals surface area (Å²) < 4.78 is 33.5. The van der Waals surface area contributed by atoms with E-state index in [-0.39, 0.29) is 17.7 Å². The second kappa shape index (κ2) is 7.07. The maximum Gasteiger partial charge on any atom is 0.214 e. The summed E-state index contributed by atoms with van der Waals surface area (Å²) in [6.07, 6.45) is 3.62. The molecule has 2 aromatic rings. The zero-order valence-corrected chi connectivity index (χ0v) is 16.1. The van der Waals surface area contributed by atoms with Crippen molar-refractivity contribution in [2.75, 3.05) is 33.1 Å². The third-order valence-electron chi connectivity index (χ3n) is 4.60. The van der Waals surface area contributed by atoms with Gasteiger partial charge in [-0.15, -0.1) is 0 Å². The van der Waals surface area contributed by atoms with Crippen LogP contribution in [0.1, 0.15) is 11.6 Å². The number of sulfonamides is 1. The topological polar surface area (TPSA) is 64.4 Å². The highest BCUT2D eigenvalue weighted by atomic mass is 35.5. The molecule has 6 nitrogen and oxygen atoms in total. The van der Waals surface area contributed by atoms with Crippen LogP contribution in [0, 0.1) is 12.8 Å². The fourth-order valence-corrected chi connectivity index (χ4v) is 4.53. The smallest absolute Gasteiger partial charge is 0.214 e. The lowest BCUT2D eigenvalue weighted by molar-refractivity contribution is 0.182. The van der Waals surface area contributed by atoms with E-state index in [1.807, 2.05) is 35.9 Å². The van der Waals surface area contributed by atoms with Crippen LogP contribution in [0.4, 0.5) is 0 Å². The molecule has 0 spiro atoms. The van der Waals surface area contributed by atoms with Gasteiger partial charge in [0.25, 0.3) is 0 Å². The minimum absolute atomic E-state index is 0.0574. The van der Waals surface area contributed by atoms with Crippen molar-refractivity contribution < 1.29 is 13.2 Å². The number of imidazole rings is 1. The molecule has 2 heterocycles. The second-order valence-electron chi connectivity index (χ2n) is 6.54. The zero-order chi connectivity index (χ0) is 18.2. The summed E-state index contributed by atoms with van der Waals surface area (Å²) in [6, 6.07) is 5.61. The number of aromatic nitrogens is 2. The van der Waals surface area contributed by atoms with Crippen LogP contribution in [0.5, 0.6) is 0 Å². The molecular weight excluding hydrogens is 362 g/mol. The summed E-state index contributed by atoms with van der Waals surface area (Å²) in [5.74, 6) is 0.742. The highest BCUT2D eigenvalue weighted by molar-refractivity contribution is 7.89. The van der Waals surface area contributed by atoms with E-state index in [0.29, 0.717) is 18.2 Å². The molecule has 0 aliphatic carbocycles. The lowest BCUT2D eigenvalue weighted by atomic mass is 10.0. The number of halogens is 1. The van der Waals surface area contributed by atoms with Gasteiger partial charge in [-0.2, -0.15) is 0 Å². The quantitative estimate of drug-likeness (QED) is 0.796. The molecule has 3 rings (SSSR count).